The van der Waals surface area contributed by atoms with E-state index in [0.717, 1.165) is 6.08 Å². The largest absolute Gasteiger partial charge is 0.497 e. The monoisotopic (exact) mass is 266 g/mol. The number of carboxylic acids is 2. The summed E-state index contributed by atoms with van der Waals surface area (Å²) in [6.45, 7) is 1.38. The molecule has 0 aliphatic rings. The number of rotatable bonds is 6. The molecule has 6 heteroatoms. The fraction of sp³-hybridized carbons (Fsp3) is 0.231. The summed E-state index contributed by atoms with van der Waals surface area (Å²) >= 11 is 0. The second-order valence-corrected chi connectivity index (χ2v) is 3.67. The summed E-state index contributed by atoms with van der Waals surface area (Å²) in [5.41, 5.74) is 0.455. The molecular weight excluding hydrogens is 252 g/mol. The molecule has 102 valence electrons. The van der Waals surface area contributed by atoms with Crippen LogP contribution in [0.5, 0.6) is 11.5 Å². The number of benzene rings is 1. The van der Waals surface area contributed by atoms with Gasteiger partial charge in [-0.2, -0.15) is 0 Å². The summed E-state index contributed by atoms with van der Waals surface area (Å²) < 4.78 is 10.3. The summed E-state index contributed by atoms with van der Waals surface area (Å²) in [6, 6.07) is 4.71. The predicted molar refractivity (Wildman–Crippen MR) is 67.4 cm³/mol. The Morgan fingerprint density at radius 3 is 2.53 bits per heavy atom. The molecule has 1 unspecified atom stereocenters. The fourth-order valence-corrected chi connectivity index (χ4v) is 1.28. The van der Waals surface area contributed by atoms with E-state index in [9.17, 15) is 9.59 Å². The number of carboxylic acid groups (broad SMARTS) is 2. The minimum absolute atomic E-state index is 0.242. The van der Waals surface area contributed by atoms with Gasteiger partial charge in [-0.05, 0) is 25.1 Å². The maximum absolute atomic E-state index is 10.8. The summed E-state index contributed by atoms with van der Waals surface area (Å²) in [6.07, 6.45) is 1.22. The molecule has 0 aliphatic heterocycles. The Labute approximate surface area is 109 Å². The van der Waals surface area contributed by atoms with Gasteiger partial charge in [0.1, 0.15) is 11.5 Å². The molecule has 1 rings (SSSR count). The predicted octanol–water partition coefficient (Wildman–Crippen LogP) is 1.64. The molecule has 0 saturated carbocycles. The van der Waals surface area contributed by atoms with Crippen LogP contribution in [0.25, 0.3) is 6.08 Å². The zero-order chi connectivity index (χ0) is 14.4. The lowest BCUT2D eigenvalue weighted by atomic mass is 10.1. The molecule has 19 heavy (non-hydrogen) atoms. The van der Waals surface area contributed by atoms with Crippen molar-refractivity contribution in [3.05, 3.63) is 29.8 Å². The first-order valence-electron chi connectivity index (χ1n) is 5.42. The van der Waals surface area contributed by atoms with Crippen LogP contribution in [-0.4, -0.2) is 35.4 Å². The first kappa shape index (κ1) is 14.6. The number of hydrogen-bond donors (Lipinski definition) is 2. The van der Waals surface area contributed by atoms with Crippen molar-refractivity contribution < 1.29 is 29.3 Å². The van der Waals surface area contributed by atoms with E-state index >= 15 is 0 Å². The van der Waals surface area contributed by atoms with E-state index in [2.05, 4.69) is 0 Å². The van der Waals surface area contributed by atoms with Crippen LogP contribution in [0.15, 0.2) is 24.3 Å². The van der Waals surface area contributed by atoms with Crippen LogP contribution in [0.3, 0.4) is 0 Å². The molecular formula is C13H14O6. The van der Waals surface area contributed by atoms with Crippen molar-refractivity contribution >= 4 is 18.0 Å². The van der Waals surface area contributed by atoms with Crippen molar-refractivity contribution in [1.29, 1.82) is 0 Å². The Balaban J connectivity index is 3.08. The van der Waals surface area contributed by atoms with Crippen molar-refractivity contribution in [2.45, 2.75) is 13.0 Å². The van der Waals surface area contributed by atoms with Gasteiger partial charge in [-0.1, -0.05) is 0 Å². The Kier molecular flexibility index (Phi) is 4.93. The average Bonchev–Trinajstić information content (AvgIpc) is 2.36. The van der Waals surface area contributed by atoms with Crippen molar-refractivity contribution in [3.8, 4) is 11.5 Å². The van der Waals surface area contributed by atoms with Gasteiger partial charge in [0.25, 0.3) is 0 Å². The molecule has 0 aromatic heterocycles. The molecule has 0 aliphatic carbocycles. The van der Waals surface area contributed by atoms with Gasteiger partial charge < -0.3 is 19.7 Å². The van der Waals surface area contributed by atoms with E-state index < -0.39 is 18.0 Å². The van der Waals surface area contributed by atoms with Crippen molar-refractivity contribution in [2.75, 3.05) is 7.11 Å². The van der Waals surface area contributed by atoms with Crippen LogP contribution in [0.1, 0.15) is 12.5 Å². The standard InChI is InChI=1S/C13H14O6/c1-8(13(16)17)19-11-7-10(18-2)5-3-9(11)4-6-12(14)15/h3-8H,1-2H3,(H,14,15)(H,16,17)/b6-4+. The zero-order valence-electron chi connectivity index (χ0n) is 10.5. The van der Waals surface area contributed by atoms with E-state index in [0.29, 0.717) is 11.3 Å². The molecule has 0 amide bonds. The molecule has 0 radical (unpaired) electrons. The van der Waals surface area contributed by atoms with Gasteiger partial charge in [-0.3, -0.25) is 0 Å². The highest BCUT2D eigenvalue weighted by Crippen LogP contribution is 2.27. The Morgan fingerprint density at radius 2 is 2.00 bits per heavy atom. The lowest BCUT2D eigenvalue weighted by Crippen LogP contribution is -2.23. The molecule has 1 aromatic rings. The van der Waals surface area contributed by atoms with Crippen LogP contribution in [-0.2, 0) is 9.59 Å². The van der Waals surface area contributed by atoms with Crippen LogP contribution >= 0.6 is 0 Å². The van der Waals surface area contributed by atoms with Gasteiger partial charge in [0.2, 0.25) is 0 Å². The van der Waals surface area contributed by atoms with Crippen molar-refractivity contribution in [2.24, 2.45) is 0 Å². The number of aliphatic carboxylic acids is 2. The maximum atomic E-state index is 10.8. The summed E-state index contributed by atoms with van der Waals surface area (Å²) in [5, 5.41) is 17.4. The zero-order valence-corrected chi connectivity index (χ0v) is 10.5. The highest BCUT2D eigenvalue weighted by atomic mass is 16.5. The molecule has 0 bridgehead atoms. The third-order valence-electron chi connectivity index (χ3n) is 2.28. The number of hydrogen-bond acceptors (Lipinski definition) is 4. The second kappa shape index (κ2) is 6.44. The van der Waals surface area contributed by atoms with Gasteiger partial charge in [0, 0.05) is 17.7 Å². The van der Waals surface area contributed by atoms with Gasteiger partial charge in [0.15, 0.2) is 6.10 Å². The van der Waals surface area contributed by atoms with Crippen molar-refractivity contribution in [1.82, 2.24) is 0 Å². The van der Waals surface area contributed by atoms with Gasteiger partial charge >= 0.3 is 11.9 Å². The fourth-order valence-electron chi connectivity index (χ4n) is 1.28. The topological polar surface area (TPSA) is 93.1 Å². The molecule has 1 aromatic carbocycles. The SMILES string of the molecule is COc1ccc(/C=C/C(=O)O)c(OC(C)C(=O)O)c1. The number of methoxy groups -OCH3 is 1. The summed E-state index contributed by atoms with van der Waals surface area (Å²) in [4.78, 5) is 21.3. The Morgan fingerprint density at radius 1 is 1.32 bits per heavy atom. The second-order valence-electron chi connectivity index (χ2n) is 3.67. The van der Waals surface area contributed by atoms with Crippen LogP contribution in [0.4, 0.5) is 0 Å². The van der Waals surface area contributed by atoms with Gasteiger partial charge in [0.05, 0.1) is 7.11 Å². The quantitative estimate of drug-likeness (QED) is 0.760. The smallest absolute Gasteiger partial charge is 0.344 e. The number of ether oxygens (including phenoxy) is 2. The van der Waals surface area contributed by atoms with Gasteiger partial charge in [-0.25, -0.2) is 9.59 Å². The summed E-state index contributed by atoms with van der Waals surface area (Å²) in [5.74, 6) is -1.49. The van der Waals surface area contributed by atoms with E-state index in [1.807, 2.05) is 0 Å². The molecule has 0 spiro atoms. The first-order valence-corrected chi connectivity index (χ1v) is 5.42. The van der Waals surface area contributed by atoms with Crippen molar-refractivity contribution in [3.63, 3.8) is 0 Å². The highest BCUT2D eigenvalue weighted by molar-refractivity contribution is 5.86. The van der Waals surface area contributed by atoms with E-state index in [-0.39, 0.29) is 5.75 Å². The van der Waals surface area contributed by atoms with E-state index in [1.54, 1.807) is 12.1 Å². The molecule has 0 fully saturated rings. The summed E-state index contributed by atoms with van der Waals surface area (Å²) in [7, 11) is 1.46. The average molecular weight is 266 g/mol. The van der Waals surface area contributed by atoms with E-state index in [1.165, 1.54) is 26.2 Å². The normalized spacial score (nSPS) is 12.1. The lowest BCUT2D eigenvalue weighted by molar-refractivity contribution is -0.144. The Hall–Kier alpha value is -2.50. The minimum atomic E-state index is -1.11. The molecule has 6 nitrogen and oxygen atoms in total. The minimum Gasteiger partial charge on any atom is -0.497 e. The third kappa shape index (κ3) is 4.34. The first-order chi connectivity index (χ1) is 8.93. The van der Waals surface area contributed by atoms with Crippen LogP contribution < -0.4 is 9.47 Å². The van der Waals surface area contributed by atoms with Crippen LogP contribution in [0.2, 0.25) is 0 Å². The third-order valence-corrected chi connectivity index (χ3v) is 2.28. The van der Waals surface area contributed by atoms with Gasteiger partial charge in [-0.15, -0.1) is 0 Å². The molecule has 0 heterocycles. The Bertz CT molecular complexity index is 506. The highest BCUT2D eigenvalue weighted by Gasteiger charge is 2.14. The molecule has 0 saturated heterocycles. The number of carbonyl (C=O) groups is 2. The molecule has 1 atom stereocenters. The maximum Gasteiger partial charge on any atom is 0.344 e. The van der Waals surface area contributed by atoms with Crippen LogP contribution in [0, 0.1) is 0 Å². The molecule has 2 N–H and O–H groups in total. The van der Waals surface area contributed by atoms with E-state index in [4.69, 9.17) is 19.7 Å². The lowest BCUT2D eigenvalue weighted by Gasteiger charge is -2.13.